The third-order valence-corrected chi connectivity index (χ3v) is 3.90. The maximum Gasteiger partial charge on any atom is 0.334 e. The molecule has 0 bridgehead atoms. The van der Waals surface area contributed by atoms with Crippen LogP contribution >= 0.6 is 11.8 Å². The van der Waals surface area contributed by atoms with Crippen LogP contribution in [0.25, 0.3) is 0 Å². The molecule has 0 aliphatic carbocycles. The predicted octanol–water partition coefficient (Wildman–Crippen LogP) is 2.75. The van der Waals surface area contributed by atoms with Crippen molar-refractivity contribution in [3.8, 4) is 0 Å². The van der Waals surface area contributed by atoms with Crippen molar-refractivity contribution in [1.82, 2.24) is 0 Å². The number of hydrogen-bond acceptors (Lipinski definition) is 4. The van der Waals surface area contributed by atoms with E-state index in [-0.39, 0.29) is 11.4 Å². The second-order valence-corrected chi connectivity index (χ2v) is 5.72. The standard InChI is InChI=1S/C12H20O3S/c1-9(2)10(13)15-11-12(3,4)14-7-5-6-8-16-11/h11H,1,5-8H2,2-4H3. The number of carbonyl (C=O) groups is 1. The zero-order valence-electron chi connectivity index (χ0n) is 10.2. The SMILES string of the molecule is C=C(C)C(=O)OC1SCCCCOC1(C)C. The van der Waals surface area contributed by atoms with Gasteiger partial charge < -0.3 is 9.47 Å². The molecule has 0 amide bonds. The molecule has 0 spiro atoms. The smallest absolute Gasteiger partial charge is 0.334 e. The summed E-state index contributed by atoms with van der Waals surface area (Å²) in [5.41, 5.74) is -0.258. The molecule has 1 saturated heterocycles. The van der Waals surface area contributed by atoms with Gasteiger partial charge in [-0.1, -0.05) is 6.58 Å². The number of thioether (sulfide) groups is 1. The molecule has 1 rings (SSSR count). The summed E-state index contributed by atoms with van der Waals surface area (Å²) < 4.78 is 11.1. The van der Waals surface area contributed by atoms with Crippen LogP contribution in [0.4, 0.5) is 0 Å². The van der Waals surface area contributed by atoms with Gasteiger partial charge in [0, 0.05) is 12.2 Å². The molecule has 1 unspecified atom stereocenters. The minimum absolute atomic E-state index is 0.253. The van der Waals surface area contributed by atoms with Crippen molar-refractivity contribution in [3.05, 3.63) is 12.2 Å². The Kier molecular flexibility index (Phi) is 4.87. The highest BCUT2D eigenvalue weighted by atomic mass is 32.2. The van der Waals surface area contributed by atoms with Crippen LogP contribution < -0.4 is 0 Å². The van der Waals surface area contributed by atoms with Crippen molar-refractivity contribution >= 4 is 17.7 Å². The minimum atomic E-state index is -0.434. The molecule has 0 saturated carbocycles. The first-order valence-electron chi connectivity index (χ1n) is 5.55. The van der Waals surface area contributed by atoms with E-state index in [2.05, 4.69) is 6.58 Å². The average Bonchev–Trinajstić information content (AvgIpc) is 2.18. The molecule has 92 valence electrons. The molecular formula is C12H20O3S. The molecule has 0 aromatic rings. The highest BCUT2D eigenvalue weighted by molar-refractivity contribution is 7.99. The summed E-state index contributed by atoms with van der Waals surface area (Å²) in [7, 11) is 0. The van der Waals surface area contributed by atoms with Crippen LogP contribution in [0, 0.1) is 0 Å². The topological polar surface area (TPSA) is 35.5 Å². The molecule has 1 heterocycles. The Morgan fingerprint density at radius 3 is 2.81 bits per heavy atom. The molecule has 0 N–H and O–H groups in total. The summed E-state index contributed by atoms with van der Waals surface area (Å²) in [6.07, 6.45) is 2.17. The first kappa shape index (κ1) is 13.6. The Hall–Kier alpha value is -0.480. The van der Waals surface area contributed by atoms with Gasteiger partial charge in [0.05, 0.1) is 0 Å². The molecule has 1 fully saturated rings. The Morgan fingerprint density at radius 2 is 2.19 bits per heavy atom. The van der Waals surface area contributed by atoms with Crippen LogP contribution in [0.1, 0.15) is 33.6 Å². The fourth-order valence-corrected chi connectivity index (χ4v) is 2.58. The highest BCUT2D eigenvalue weighted by Gasteiger charge is 2.35. The van der Waals surface area contributed by atoms with E-state index in [0.717, 1.165) is 25.2 Å². The van der Waals surface area contributed by atoms with Gasteiger partial charge in [0.25, 0.3) is 0 Å². The first-order chi connectivity index (χ1) is 7.43. The van der Waals surface area contributed by atoms with E-state index in [4.69, 9.17) is 9.47 Å². The number of ether oxygens (including phenoxy) is 2. The summed E-state index contributed by atoms with van der Waals surface area (Å²) in [5, 5.41) is 0. The lowest BCUT2D eigenvalue weighted by Crippen LogP contribution is -2.41. The van der Waals surface area contributed by atoms with Gasteiger partial charge in [-0.2, -0.15) is 0 Å². The van der Waals surface area contributed by atoms with E-state index in [0.29, 0.717) is 5.57 Å². The first-order valence-corrected chi connectivity index (χ1v) is 6.60. The lowest BCUT2D eigenvalue weighted by atomic mass is 10.1. The Labute approximate surface area is 102 Å². The third kappa shape index (κ3) is 3.83. The van der Waals surface area contributed by atoms with Crippen molar-refractivity contribution in [2.75, 3.05) is 12.4 Å². The molecule has 0 radical (unpaired) electrons. The molecule has 1 atom stereocenters. The second kappa shape index (κ2) is 5.73. The van der Waals surface area contributed by atoms with E-state index >= 15 is 0 Å². The van der Waals surface area contributed by atoms with E-state index in [1.807, 2.05) is 13.8 Å². The van der Waals surface area contributed by atoms with Crippen molar-refractivity contribution in [2.24, 2.45) is 0 Å². The van der Waals surface area contributed by atoms with Gasteiger partial charge in [-0.3, -0.25) is 0 Å². The summed E-state index contributed by atoms with van der Waals surface area (Å²) in [4.78, 5) is 11.5. The van der Waals surface area contributed by atoms with Gasteiger partial charge in [0.1, 0.15) is 5.60 Å². The van der Waals surface area contributed by atoms with E-state index in [1.54, 1.807) is 18.7 Å². The van der Waals surface area contributed by atoms with Crippen LogP contribution in [0.2, 0.25) is 0 Å². The maximum atomic E-state index is 11.5. The Morgan fingerprint density at radius 1 is 1.50 bits per heavy atom. The fourth-order valence-electron chi connectivity index (χ4n) is 1.37. The molecule has 16 heavy (non-hydrogen) atoms. The molecule has 0 aromatic carbocycles. The van der Waals surface area contributed by atoms with E-state index in [9.17, 15) is 4.79 Å². The molecule has 3 nitrogen and oxygen atoms in total. The molecule has 1 aliphatic rings. The number of rotatable bonds is 2. The largest absolute Gasteiger partial charge is 0.445 e. The Bertz CT molecular complexity index is 273. The highest BCUT2D eigenvalue weighted by Crippen LogP contribution is 2.31. The van der Waals surface area contributed by atoms with Crippen LogP contribution in [-0.4, -0.2) is 29.4 Å². The fraction of sp³-hybridized carbons (Fsp3) is 0.750. The summed E-state index contributed by atoms with van der Waals surface area (Å²) in [6, 6.07) is 0. The van der Waals surface area contributed by atoms with Crippen molar-refractivity contribution in [1.29, 1.82) is 0 Å². The monoisotopic (exact) mass is 244 g/mol. The lowest BCUT2D eigenvalue weighted by Gasteiger charge is -2.35. The Balaban J connectivity index is 2.65. The van der Waals surface area contributed by atoms with Gasteiger partial charge in [-0.05, 0) is 39.4 Å². The zero-order valence-corrected chi connectivity index (χ0v) is 11.1. The minimum Gasteiger partial charge on any atom is -0.445 e. The third-order valence-electron chi connectivity index (χ3n) is 2.41. The van der Waals surface area contributed by atoms with Gasteiger partial charge >= 0.3 is 5.97 Å². The van der Waals surface area contributed by atoms with Crippen LogP contribution in [0.3, 0.4) is 0 Å². The quantitative estimate of drug-likeness (QED) is 0.553. The summed E-state index contributed by atoms with van der Waals surface area (Å²) in [5.74, 6) is 0.663. The molecule has 0 aromatic heterocycles. The van der Waals surface area contributed by atoms with Gasteiger partial charge in [0.15, 0.2) is 5.44 Å². The van der Waals surface area contributed by atoms with E-state index < -0.39 is 5.60 Å². The molecule has 4 heteroatoms. The van der Waals surface area contributed by atoms with Crippen molar-refractivity contribution in [2.45, 2.75) is 44.6 Å². The predicted molar refractivity (Wildman–Crippen MR) is 66.4 cm³/mol. The van der Waals surface area contributed by atoms with Gasteiger partial charge in [0.2, 0.25) is 0 Å². The zero-order chi connectivity index (χ0) is 12.2. The van der Waals surface area contributed by atoms with Crippen LogP contribution in [0.5, 0.6) is 0 Å². The van der Waals surface area contributed by atoms with Gasteiger partial charge in [-0.15, -0.1) is 11.8 Å². The summed E-state index contributed by atoms with van der Waals surface area (Å²) >= 11 is 1.64. The van der Waals surface area contributed by atoms with Crippen LogP contribution in [-0.2, 0) is 14.3 Å². The van der Waals surface area contributed by atoms with Crippen molar-refractivity contribution < 1.29 is 14.3 Å². The van der Waals surface area contributed by atoms with Crippen LogP contribution in [0.15, 0.2) is 12.2 Å². The van der Waals surface area contributed by atoms with Gasteiger partial charge in [-0.25, -0.2) is 4.79 Å². The average molecular weight is 244 g/mol. The lowest BCUT2D eigenvalue weighted by molar-refractivity contribution is -0.153. The van der Waals surface area contributed by atoms with Crippen molar-refractivity contribution in [3.63, 3.8) is 0 Å². The number of esters is 1. The molecule has 1 aliphatic heterocycles. The molecular weight excluding hydrogens is 224 g/mol. The normalized spacial score (nSPS) is 25.3. The maximum absolute atomic E-state index is 11.5. The van der Waals surface area contributed by atoms with E-state index in [1.165, 1.54) is 0 Å². The second-order valence-electron chi connectivity index (χ2n) is 4.55. The number of hydrogen-bond donors (Lipinski definition) is 0. The number of carbonyl (C=O) groups excluding carboxylic acids is 1. The summed E-state index contributed by atoms with van der Waals surface area (Å²) in [6.45, 7) is 9.89.